The average molecular weight is 255 g/mol. The number of hydrogen-bond donors (Lipinski definition) is 0. The van der Waals surface area contributed by atoms with Crippen LogP contribution in [-0.4, -0.2) is 31.4 Å². The number of hydrogen-bond acceptors (Lipinski definition) is 5. The van der Waals surface area contributed by atoms with E-state index in [1.54, 1.807) is 12.4 Å². The van der Waals surface area contributed by atoms with Gasteiger partial charge in [-0.3, -0.25) is 24.8 Å². The summed E-state index contributed by atoms with van der Waals surface area (Å²) in [6.07, 6.45) is 11.4. The van der Waals surface area contributed by atoms with Gasteiger partial charge in [-0.2, -0.15) is 0 Å². The highest BCUT2D eigenvalue weighted by molar-refractivity contribution is 5.07. The Morgan fingerprint density at radius 3 is 2.84 bits per heavy atom. The van der Waals surface area contributed by atoms with Crippen LogP contribution in [0.5, 0.6) is 0 Å². The van der Waals surface area contributed by atoms with Gasteiger partial charge in [0, 0.05) is 37.5 Å². The Morgan fingerprint density at radius 2 is 2.11 bits per heavy atom. The Labute approximate surface area is 112 Å². The number of rotatable bonds is 3. The lowest BCUT2D eigenvalue weighted by Crippen LogP contribution is -2.24. The van der Waals surface area contributed by atoms with Crippen LogP contribution >= 0.6 is 0 Å². The zero-order valence-corrected chi connectivity index (χ0v) is 11.0. The zero-order valence-electron chi connectivity index (χ0n) is 11.0. The van der Waals surface area contributed by atoms with Gasteiger partial charge >= 0.3 is 0 Å². The van der Waals surface area contributed by atoms with Crippen LogP contribution in [0.15, 0.2) is 31.0 Å². The fourth-order valence-electron chi connectivity index (χ4n) is 2.54. The summed E-state index contributed by atoms with van der Waals surface area (Å²) >= 11 is 0. The van der Waals surface area contributed by atoms with Gasteiger partial charge in [-0.1, -0.05) is 0 Å². The van der Waals surface area contributed by atoms with Crippen LogP contribution in [0.1, 0.15) is 36.0 Å². The smallest absolute Gasteiger partial charge is 0.0758 e. The fourth-order valence-corrected chi connectivity index (χ4v) is 2.54. The van der Waals surface area contributed by atoms with Crippen molar-refractivity contribution in [2.75, 3.05) is 6.54 Å². The van der Waals surface area contributed by atoms with Crippen molar-refractivity contribution in [3.63, 3.8) is 0 Å². The summed E-state index contributed by atoms with van der Waals surface area (Å²) in [5.74, 6) is 0. The summed E-state index contributed by atoms with van der Waals surface area (Å²) in [6.45, 7) is 3.86. The third kappa shape index (κ3) is 2.76. The second-order valence-corrected chi connectivity index (χ2v) is 4.91. The molecule has 1 aliphatic heterocycles. The van der Waals surface area contributed by atoms with Gasteiger partial charge in [0.05, 0.1) is 23.1 Å². The molecular formula is C14H17N5. The van der Waals surface area contributed by atoms with Crippen LogP contribution in [0.25, 0.3) is 0 Å². The topological polar surface area (TPSA) is 54.8 Å². The molecule has 1 aliphatic rings. The average Bonchev–Trinajstić information content (AvgIpc) is 2.90. The molecule has 0 spiro atoms. The molecule has 0 unspecified atom stereocenters. The highest BCUT2D eigenvalue weighted by Crippen LogP contribution is 2.31. The largest absolute Gasteiger partial charge is 0.289 e. The Balaban J connectivity index is 1.75. The summed E-state index contributed by atoms with van der Waals surface area (Å²) < 4.78 is 0. The minimum absolute atomic E-state index is 0.358. The van der Waals surface area contributed by atoms with Crippen LogP contribution < -0.4 is 0 Å². The lowest BCUT2D eigenvalue weighted by atomic mass is 10.1. The molecule has 0 N–H and O–H groups in total. The van der Waals surface area contributed by atoms with E-state index >= 15 is 0 Å². The van der Waals surface area contributed by atoms with E-state index in [1.165, 1.54) is 6.42 Å². The van der Waals surface area contributed by atoms with E-state index in [0.717, 1.165) is 36.6 Å². The van der Waals surface area contributed by atoms with Crippen molar-refractivity contribution in [2.24, 2.45) is 0 Å². The van der Waals surface area contributed by atoms with Gasteiger partial charge in [-0.15, -0.1) is 0 Å². The number of nitrogens with zero attached hydrogens (tertiary/aromatic N) is 5. The zero-order chi connectivity index (χ0) is 13.1. The first kappa shape index (κ1) is 12.2. The van der Waals surface area contributed by atoms with E-state index in [2.05, 4.69) is 24.8 Å². The summed E-state index contributed by atoms with van der Waals surface area (Å²) in [5, 5.41) is 0. The molecule has 0 aliphatic carbocycles. The van der Waals surface area contributed by atoms with Crippen LogP contribution in [0.2, 0.25) is 0 Å². The number of aryl methyl sites for hydroxylation is 1. The Kier molecular flexibility index (Phi) is 3.46. The van der Waals surface area contributed by atoms with Crippen LogP contribution in [0.3, 0.4) is 0 Å². The molecule has 0 amide bonds. The lowest BCUT2D eigenvalue weighted by Gasteiger charge is -2.23. The standard InChI is InChI=1S/C14H17N5/c1-11-7-18-12(8-17-11)10-19-6-2-3-14(19)13-9-15-4-5-16-13/h4-5,7-9,14H,2-3,6,10H2,1H3/t14-/m1/s1. The van der Waals surface area contributed by atoms with Crippen LogP contribution in [-0.2, 0) is 6.54 Å². The van der Waals surface area contributed by atoms with Crippen molar-refractivity contribution in [1.29, 1.82) is 0 Å². The third-order valence-electron chi connectivity index (χ3n) is 3.49. The molecule has 0 saturated carbocycles. The highest BCUT2D eigenvalue weighted by Gasteiger charge is 2.27. The van der Waals surface area contributed by atoms with Crippen molar-refractivity contribution in [3.8, 4) is 0 Å². The van der Waals surface area contributed by atoms with E-state index in [9.17, 15) is 0 Å². The molecular weight excluding hydrogens is 238 g/mol. The number of aromatic nitrogens is 4. The summed E-state index contributed by atoms with van der Waals surface area (Å²) in [7, 11) is 0. The third-order valence-corrected chi connectivity index (χ3v) is 3.49. The molecule has 3 heterocycles. The SMILES string of the molecule is Cc1cnc(CN2CCC[C@@H]2c2cnccn2)cn1. The second kappa shape index (κ2) is 5.40. The molecule has 98 valence electrons. The molecule has 0 aromatic carbocycles. The maximum Gasteiger partial charge on any atom is 0.0758 e. The molecule has 1 saturated heterocycles. The summed E-state index contributed by atoms with van der Waals surface area (Å²) in [5.41, 5.74) is 3.03. The van der Waals surface area contributed by atoms with E-state index in [4.69, 9.17) is 0 Å². The van der Waals surface area contributed by atoms with Gasteiger partial charge in [0.2, 0.25) is 0 Å². The first-order chi connectivity index (χ1) is 9.33. The molecule has 2 aromatic rings. The fraction of sp³-hybridized carbons (Fsp3) is 0.429. The normalized spacial score (nSPS) is 19.7. The van der Waals surface area contributed by atoms with Crippen molar-refractivity contribution in [1.82, 2.24) is 24.8 Å². The van der Waals surface area contributed by atoms with Crippen LogP contribution in [0.4, 0.5) is 0 Å². The van der Waals surface area contributed by atoms with Crippen molar-refractivity contribution in [2.45, 2.75) is 32.4 Å². The lowest BCUT2D eigenvalue weighted by molar-refractivity contribution is 0.240. The van der Waals surface area contributed by atoms with E-state index < -0.39 is 0 Å². The Morgan fingerprint density at radius 1 is 1.16 bits per heavy atom. The number of likely N-dealkylation sites (tertiary alicyclic amines) is 1. The summed E-state index contributed by atoms with van der Waals surface area (Å²) in [6, 6.07) is 0.358. The molecule has 2 aromatic heterocycles. The van der Waals surface area contributed by atoms with Crippen LogP contribution in [0, 0.1) is 6.92 Å². The molecule has 0 radical (unpaired) electrons. The Bertz CT molecular complexity index is 525. The minimum atomic E-state index is 0.358. The molecule has 19 heavy (non-hydrogen) atoms. The first-order valence-corrected chi connectivity index (χ1v) is 6.60. The van der Waals surface area contributed by atoms with E-state index in [1.807, 2.05) is 25.5 Å². The second-order valence-electron chi connectivity index (χ2n) is 4.91. The predicted molar refractivity (Wildman–Crippen MR) is 71.2 cm³/mol. The highest BCUT2D eigenvalue weighted by atomic mass is 15.2. The van der Waals surface area contributed by atoms with Gasteiger partial charge in [0.25, 0.3) is 0 Å². The van der Waals surface area contributed by atoms with Crippen molar-refractivity contribution < 1.29 is 0 Å². The van der Waals surface area contributed by atoms with Crippen molar-refractivity contribution >= 4 is 0 Å². The molecule has 0 bridgehead atoms. The molecule has 5 heteroatoms. The minimum Gasteiger partial charge on any atom is -0.289 e. The van der Waals surface area contributed by atoms with E-state index in [-0.39, 0.29) is 0 Å². The monoisotopic (exact) mass is 255 g/mol. The van der Waals surface area contributed by atoms with Crippen molar-refractivity contribution in [3.05, 3.63) is 48.1 Å². The first-order valence-electron chi connectivity index (χ1n) is 6.60. The Hall–Kier alpha value is -1.88. The molecule has 3 rings (SSSR count). The van der Waals surface area contributed by atoms with Gasteiger partial charge in [0.15, 0.2) is 0 Å². The maximum absolute atomic E-state index is 4.43. The maximum atomic E-state index is 4.43. The molecule has 1 atom stereocenters. The summed E-state index contributed by atoms with van der Waals surface area (Å²) in [4.78, 5) is 19.7. The quantitative estimate of drug-likeness (QED) is 0.838. The van der Waals surface area contributed by atoms with Gasteiger partial charge in [0.1, 0.15) is 0 Å². The molecule has 1 fully saturated rings. The van der Waals surface area contributed by atoms with Gasteiger partial charge in [-0.05, 0) is 26.3 Å². The molecule has 5 nitrogen and oxygen atoms in total. The predicted octanol–water partition coefficient (Wildman–Crippen LogP) is 1.91. The van der Waals surface area contributed by atoms with E-state index in [0.29, 0.717) is 6.04 Å². The van der Waals surface area contributed by atoms with Gasteiger partial charge < -0.3 is 0 Å². The van der Waals surface area contributed by atoms with Gasteiger partial charge in [-0.25, -0.2) is 0 Å².